The zero-order chi connectivity index (χ0) is 14.0. The number of halogens is 1. The van der Waals surface area contributed by atoms with Crippen LogP contribution in [0.3, 0.4) is 0 Å². The topological polar surface area (TPSA) is 47.6 Å². The molecule has 0 spiro atoms. The summed E-state index contributed by atoms with van der Waals surface area (Å²) < 4.78 is 11.7. The summed E-state index contributed by atoms with van der Waals surface area (Å²) in [5.41, 5.74) is 0.826. The maximum Gasteiger partial charge on any atom is 0.263 e. The average Bonchev–Trinajstić information content (AvgIpc) is 2.67. The van der Waals surface area contributed by atoms with Gasteiger partial charge in [-0.25, -0.2) is 0 Å². The van der Waals surface area contributed by atoms with Crippen molar-refractivity contribution in [3.8, 4) is 11.5 Å². The molecule has 0 aliphatic carbocycles. The van der Waals surface area contributed by atoms with Crippen molar-refractivity contribution in [1.29, 1.82) is 0 Å². The predicted octanol–water partition coefficient (Wildman–Crippen LogP) is 2.96. The van der Waals surface area contributed by atoms with E-state index in [4.69, 9.17) is 21.7 Å². The summed E-state index contributed by atoms with van der Waals surface area (Å²) in [6, 6.07) is 3.65. The molecule has 1 aliphatic heterocycles. The van der Waals surface area contributed by atoms with Crippen LogP contribution in [-0.2, 0) is 4.79 Å². The quantitative estimate of drug-likeness (QED) is 0.664. The molecule has 1 amide bonds. The Morgan fingerprint density at radius 1 is 1.37 bits per heavy atom. The van der Waals surface area contributed by atoms with Gasteiger partial charge in [0.15, 0.2) is 11.5 Å². The van der Waals surface area contributed by atoms with Gasteiger partial charge in [-0.3, -0.25) is 4.79 Å². The number of rotatable bonds is 3. The van der Waals surface area contributed by atoms with Crippen molar-refractivity contribution in [2.24, 2.45) is 0 Å². The lowest BCUT2D eigenvalue weighted by molar-refractivity contribution is -0.115. The van der Waals surface area contributed by atoms with Gasteiger partial charge >= 0.3 is 0 Å². The van der Waals surface area contributed by atoms with Crippen LogP contribution in [0.1, 0.15) is 5.56 Å². The van der Waals surface area contributed by atoms with Crippen molar-refractivity contribution in [1.82, 2.24) is 5.32 Å². The molecule has 0 atom stereocenters. The molecule has 0 unspecified atom stereocenters. The van der Waals surface area contributed by atoms with E-state index in [0.29, 0.717) is 20.7 Å². The molecular weight excluding hydrogens is 350 g/mol. The van der Waals surface area contributed by atoms with Crippen molar-refractivity contribution < 1.29 is 14.3 Å². The van der Waals surface area contributed by atoms with E-state index in [1.54, 1.807) is 26.4 Å². The molecule has 0 bridgehead atoms. The van der Waals surface area contributed by atoms with Crippen LogP contribution in [0.4, 0.5) is 0 Å². The van der Waals surface area contributed by atoms with E-state index in [2.05, 4.69) is 21.2 Å². The van der Waals surface area contributed by atoms with Crippen molar-refractivity contribution >= 4 is 56.2 Å². The van der Waals surface area contributed by atoms with E-state index in [1.807, 2.05) is 6.07 Å². The Bertz CT molecular complexity index is 587. The van der Waals surface area contributed by atoms with Gasteiger partial charge in [-0.2, -0.15) is 0 Å². The summed E-state index contributed by atoms with van der Waals surface area (Å²) in [5, 5.41) is 2.57. The molecule has 0 aromatic heterocycles. The third-order valence-electron chi connectivity index (χ3n) is 2.40. The number of thiocarbonyl (C=S) groups is 1. The fourth-order valence-corrected chi connectivity index (χ4v) is 3.26. The molecule has 4 nitrogen and oxygen atoms in total. The van der Waals surface area contributed by atoms with E-state index in [1.165, 1.54) is 11.8 Å². The Kier molecular flexibility index (Phi) is 4.49. The smallest absolute Gasteiger partial charge is 0.263 e. The molecule has 1 fully saturated rings. The number of amides is 1. The van der Waals surface area contributed by atoms with Crippen LogP contribution in [0, 0.1) is 0 Å². The van der Waals surface area contributed by atoms with Crippen molar-refractivity contribution in [3.63, 3.8) is 0 Å². The summed E-state index contributed by atoms with van der Waals surface area (Å²) in [6.07, 6.45) is 1.76. The van der Waals surface area contributed by atoms with E-state index in [9.17, 15) is 4.79 Å². The second kappa shape index (κ2) is 5.94. The Balaban J connectivity index is 2.42. The van der Waals surface area contributed by atoms with Gasteiger partial charge in [0, 0.05) is 0 Å². The van der Waals surface area contributed by atoms with Crippen LogP contribution in [-0.4, -0.2) is 24.4 Å². The molecule has 0 radical (unpaired) electrons. The monoisotopic (exact) mass is 359 g/mol. The minimum Gasteiger partial charge on any atom is -0.493 e. The molecule has 1 aromatic carbocycles. The first kappa shape index (κ1) is 14.4. The SMILES string of the molecule is COc1cc(/C=C2\SC(=S)NC2=O)cc(Br)c1OC. The molecule has 1 saturated heterocycles. The Hall–Kier alpha value is -1.05. The first-order chi connectivity index (χ1) is 9.05. The van der Waals surface area contributed by atoms with Gasteiger partial charge in [-0.1, -0.05) is 24.0 Å². The third kappa shape index (κ3) is 3.10. The van der Waals surface area contributed by atoms with E-state index < -0.39 is 0 Å². The van der Waals surface area contributed by atoms with Gasteiger partial charge in [-0.15, -0.1) is 0 Å². The summed E-state index contributed by atoms with van der Waals surface area (Å²) in [6.45, 7) is 0. The number of hydrogen-bond donors (Lipinski definition) is 1. The van der Waals surface area contributed by atoms with Crippen LogP contribution < -0.4 is 14.8 Å². The lowest BCUT2D eigenvalue weighted by Gasteiger charge is -2.10. The molecule has 0 saturated carbocycles. The number of nitrogens with one attached hydrogen (secondary N) is 1. The molecule has 1 heterocycles. The molecule has 1 aliphatic rings. The second-order valence-corrected chi connectivity index (χ2v) is 6.16. The molecular formula is C12H10BrNO3S2. The summed E-state index contributed by atoms with van der Waals surface area (Å²) in [4.78, 5) is 12.2. The van der Waals surface area contributed by atoms with Crippen LogP contribution in [0.15, 0.2) is 21.5 Å². The molecule has 100 valence electrons. The second-order valence-electron chi connectivity index (χ2n) is 3.59. The molecule has 7 heteroatoms. The molecule has 2 rings (SSSR count). The number of thioether (sulfide) groups is 1. The highest BCUT2D eigenvalue weighted by Crippen LogP contribution is 2.37. The van der Waals surface area contributed by atoms with Crippen LogP contribution in [0.2, 0.25) is 0 Å². The van der Waals surface area contributed by atoms with Gasteiger partial charge in [0.25, 0.3) is 5.91 Å². The fourth-order valence-electron chi connectivity index (χ4n) is 1.59. The maximum atomic E-state index is 11.6. The zero-order valence-electron chi connectivity index (χ0n) is 10.2. The van der Waals surface area contributed by atoms with Crippen LogP contribution >= 0.6 is 39.9 Å². The number of methoxy groups -OCH3 is 2. The van der Waals surface area contributed by atoms with Crippen molar-refractivity contribution in [2.45, 2.75) is 0 Å². The van der Waals surface area contributed by atoms with E-state index in [0.717, 1.165) is 10.0 Å². The van der Waals surface area contributed by atoms with Gasteiger partial charge in [0.2, 0.25) is 0 Å². The minimum absolute atomic E-state index is 0.180. The molecule has 19 heavy (non-hydrogen) atoms. The first-order valence-electron chi connectivity index (χ1n) is 5.21. The fraction of sp³-hybridized carbons (Fsp3) is 0.167. The Morgan fingerprint density at radius 3 is 2.63 bits per heavy atom. The van der Waals surface area contributed by atoms with Crippen molar-refractivity contribution in [2.75, 3.05) is 14.2 Å². The van der Waals surface area contributed by atoms with Gasteiger partial charge < -0.3 is 14.8 Å². The number of ether oxygens (including phenoxy) is 2. The molecule has 1 N–H and O–H groups in total. The summed E-state index contributed by atoms with van der Waals surface area (Å²) in [7, 11) is 3.13. The minimum atomic E-state index is -0.180. The molecule has 1 aromatic rings. The van der Waals surface area contributed by atoms with E-state index >= 15 is 0 Å². The highest BCUT2D eigenvalue weighted by Gasteiger charge is 2.22. The van der Waals surface area contributed by atoms with E-state index in [-0.39, 0.29) is 5.91 Å². The lowest BCUT2D eigenvalue weighted by Crippen LogP contribution is -2.17. The average molecular weight is 360 g/mol. The summed E-state index contributed by atoms with van der Waals surface area (Å²) >= 11 is 9.59. The largest absolute Gasteiger partial charge is 0.493 e. The van der Waals surface area contributed by atoms with Crippen LogP contribution in [0.25, 0.3) is 6.08 Å². The maximum absolute atomic E-state index is 11.6. The number of carbonyl (C=O) groups is 1. The van der Waals surface area contributed by atoms with Gasteiger partial charge in [-0.05, 0) is 39.7 Å². The highest BCUT2D eigenvalue weighted by molar-refractivity contribution is 9.10. The third-order valence-corrected chi connectivity index (χ3v) is 4.15. The lowest BCUT2D eigenvalue weighted by atomic mass is 10.2. The first-order valence-corrected chi connectivity index (χ1v) is 7.23. The number of benzene rings is 1. The number of carbonyl (C=O) groups excluding carboxylic acids is 1. The Labute approximate surface area is 128 Å². The predicted molar refractivity (Wildman–Crippen MR) is 83.6 cm³/mol. The Morgan fingerprint density at radius 2 is 2.11 bits per heavy atom. The highest BCUT2D eigenvalue weighted by atomic mass is 79.9. The van der Waals surface area contributed by atoms with Gasteiger partial charge in [0.05, 0.1) is 23.6 Å². The van der Waals surface area contributed by atoms with Crippen LogP contribution in [0.5, 0.6) is 11.5 Å². The van der Waals surface area contributed by atoms with Crippen molar-refractivity contribution in [3.05, 3.63) is 27.1 Å². The number of hydrogen-bond acceptors (Lipinski definition) is 5. The van der Waals surface area contributed by atoms with Gasteiger partial charge in [0.1, 0.15) is 4.32 Å². The normalized spacial score (nSPS) is 16.7. The summed E-state index contributed by atoms with van der Waals surface area (Å²) in [5.74, 6) is 1.03. The zero-order valence-corrected chi connectivity index (χ0v) is 13.4. The standard InChI is InChI=1S/C12H10BrNO3S2/c1-16-8-4-6(3-7(13)10(8)17-2)5-9-11(15)14-12(18)19-9/h3-5H,1-2H3,(H,14,15,18)/b9-5-.